The van der Waals surface area contributed by atoms with Gasteiger partial charge in [0.2, 0.25) is 11.1 Å². The van der Waals surface area contributed by atoms with Crippen molar-refractivity contribution in [1.29, 1.82) is 0 Å². The van der Waals surface area contributed by atoms with Crippen LogP contribution in [0, 0.1) is 6.92 Å². The second-order valence-electron chi connectivity index (χ2n) is 7.18. The number of aromatic nitrogens is 4. The molecule has 0 radical (unpaired) electrons. The molecule has 0 aliphatic rings. The van der Waals surface area contributed by atoms with E-state index in [-0.39, 0.29) is 5.91 Å². The highest BCUT2D eigenvalue weighted by atomic mass is 32.2. The fourth-order valence-corrected chi connectivity index (χ4v) is 4.27. The van der Waals surface area contributed by atoms with Crippen molar-refractivity contribution in [3.8, 4) is 17.2 Å². The third-order valence-corrected chi connectivity index (χ3v) is 6.09. The molecule has 33 heavy (non-hydrogen) atoms. The highest BCUT2D eigenvalue weighted by Gasteiger charge is 2.26. The Morgan fingerprint density at radius 3 is 2.58 bits per heavy atom. The van der Waals surface area contributed by atoms with Crippen LogP contribution in [-0.2, 0) is 4.79 Å². The lowest BCUT2D eigenvalue weighted by molar-refractivity contribution is -0.115. The number of anilines is 1. The van der Waals surface area contributed by atoms with Gasteiger partial charge < -0.3 is 14.8 Å². The lowest BCUT2D eigenvalue weighted by atomic mass is 10.1. The number of benzene rings is 3. The van der Waals surface area contributed by atoms with Crippen LogP contribution in [0.15, 0.2) is 78.0 Å². The summed E-state index contributed by atoms with van der Waals surface area (Å²) < 4.78 is 12.4. The molecular weight excluding hydrogens is 438 g/mol. The quantitative estimate of drug-likeness (QED) is 0.387. The zero-order chi connectivity index (χ0) is 23.2. The molecule has 1 atom stereocenters. The van der Waals surface area contributed by atoms with E-state index >= 15 is 0 Å². The summed E-state index contributed by atoms with van der Waals surface area (Å²) in [5.41, 5.74) is 3.20. The maximum absolute atomic E-state index is 13.4. The zero-order valence-corrected chi connectivity index (χ0v) is 19.2. The Kier molecular flexibility index (Phi) is 6.89. The molecular formula is C24H23N5O3S. The van der Waals surface area contributed by atoms with Crippen LogP contribution in [0.5, 0.6) is 11.5 Å². The van der Waals surface area contributed by atoms with Gasteiger partial charge in [0.1, 0.15) is 22.4 Å². The molecule has 0 spiro atoms. The molecule has 0 fully saturated rings. The fraction of sp³-hybridized carbons (Fsp3) is 0.167. The maximum atomic E-state index is 13.4. The lowest BCUT2D eigenvalue weighted by Gasteiger charge is -2.17. The van der Waals surface area contributed by atoms with Crippen molar-refractivity contribution in [3.05, 3.63) is 83.9 Å². The van der Waals surface area contributed by atoms with E-state index in [2.05, 4.69) is 20.8 Å². The number of nitrogens with zero attached hydrogens (tertiary/aromatic N) is 4. The van der Waals surface area contributed by atoms with Crippen molar-refractivity contribution in [1.82, 2.24) is 20.2 Å². The summed E-state index contributed by atoms with van der Waals surface area (Å²) >= 11 is 1.26. The number of methoxy groups -OCH3 is 2. The molecule has 0 saturated heterocycles. The first-order chi connectivity index (χ1) is 16.1. The average Bonchev–Trinajstić information content (AvgIpc) is 3.31. The van der Waals surface area contributed by atoms with E-state index in [4.69, 9.17) is 9.47 Å². The van der Waals surface area contributed by atoms with E-state index in [9.17, 15) is 4.79 Å². The molecule has 0 aliphatic heterocycles. The number of nitrogens with one attached hydrogen (secondary N) is 1. The fourth-order valence-electron chi connectivity index (χ4n) is 3.28. The summed E-state index contributed by atoms with van der Waals surface area (Å²) in [5.74, 6) is 1.09. The summed E-state index contributed by atoms with van der Waals surface area (Å²) in [6, 6.07) is 22.5. The lowest BCUT2D eigenvalue weighted by Crippen LogP contribution is -2.19. The summed E-state index contributed by atoms with van der Waals surface area (Å²) in [6.45, 7) is 1.98. The summed E-state index contributed by atoms with van der Waals surface area (Å²) in [4.78, 5) is 13.4. The highest BCUT2D eigenvalue weighted by molar-refractivity contribution is 8.00. The second-order valence-corrected chi connectivity index (χ2v) is 8.25. The zero-order valence-electron chi connectivity index (χ0n) is 18.4. The first kappa shape index (κ1) is 22.3. The number of hydrogen-bond acceptors (Lipinski definition) is 7. The van der Waals surface area contributed by atoms with Crippen LogP contribution in [0.3, 0.4) is 0 Å². The normalized spacial score (nSPS) is 11.6. The molecule has 0 bridgehead atoms. The number of tetrazole rings is 1. The Morgan fingerprint density at radius 2 is 1.82 bits per heavy atom. The number of ether oxygens (including phenoxy) is 2. The Bertz CT molecular complexity index is 1250. The van der Waals surface area contributed by atoms with Crippen molar-refractivity contribution in [3.63, 3.8) is 0 Å². The Hall–Kier alpha value is -3.85. The summed E-state index contributed by atoms with van der Waals surface area (Å²) in [5, 5.41) is 15.0. The molecule has 9 heteroatoms. The minimum Gasteiger partial charge on any atom is -0.497 e. The molecule has 4 rings (SSSR count). The van der Waals surface area contributed by atoms with Gasteiger partial charge in [0.15, 0.2) is 0 Å². The van der Waals surface area contributed by atoms with Gasteiger partial charge in [-0.15, -0.1) is 5.10 Å². The molecule has 1 N–H and O–H groups in total. The first-order valence-corrected chi connectivity index (χ1v) is 11.1. The molecule has 1 aromatic heterocycles. The number of carbonyl (C=O) groups excluding carboxylic acids is 1. The Morgan fingerprint density at radius 1 is 1.00 bits per heavy atom. The monoisotopic (exact) mass is 461 g/mol. The van der Waals surface area contributed by atoms with E-state index in [1.807, 2.05) is 73.7 Å². The number of rotatable bonds is 8. The minimum atomic E-state index is -0.599. The van der Waals surface area contributed by atoms with Gasteiger partial charge in [-0.05, 0) is 52.7 Å². The van der Waals surface area contributed by atoms with Crippen LogP contribution in [0.1, 0.15) is 16.4 Å². The Labute approximate surface area is 195 Å². The Balaban J connectivity index is 1.68. The maximum Gasteiger partial charge on any atom is 0.242 e. The molecule has 1 amide bonds. The van der Waals surface area contributed by atoms with Crippen LogP contribution in [0.4, 0.5) is 5.69 Å². The van der Waals surface area contributed by atoms with Crippen molar-refractivity contribution in [2.45, 2.75) is 17.3 Å². The van der Waals surface area contributed by atoms with E-state index < -0.39 is 5.25 Å². The van der Waals surface area contributed by atoms with Crippen LogP contribution >= 0.6 is 11.8 Å². The number of carbonyl (C=O) groups is 1. The van der Waals surface area contributed by atoms with E-state index in [1.54, 1.807) is 25.0 Å². The SMILES string of the molecule is COc1cccc(NC(=O)C(Sc2nnnn2-c2cc(C)ccc2OC)c2ccccc2)c1. The molecule has 1 unspecified atom stereocenters. The van der Waals surface area contributed by atoms with E-state index in [0.29, 0.717) is 28.0 Å². The molecule has 1 heterocycles. The number of amides is 1. The van der Waals surface area contributed by atoms with Gasteiger partial charge in [-0.1, -0.05) is 54.2 Å². The average molecular weight is 462 g/mol. The van der Waals surface area contributed by atoms with Crippen LogP contribution in [-0.4, -0.2) is 40.3 Å². The standard InChI is InChI=1S/C24H23N5O3S/c1-16-12-13-21(32-3)20(14-16)29-24(26-27-28-29)33-22(17-8-5-4-6-9-17)23(30)25-18-10-7-11-19(15-18)31-2/h4-15,22H,1-3H3,(H,25,30). The number of hydrogen-bond donors (Lipinski definition) is 1. The highest BCUT2D eigenvalue weighted by Crippen LogP contribution is 2.37. The largest absolute Gasteiger partial charge is 0.497 e. The smallest absolute Gasteiger partial charge is 0.242 e. The first-order valence-electron chi connectivity index (χ1n) is 10.2. The minimum absolute atomic E-state index is 0.204. The predicted molar refractivity (Wildman–Crippen MR) is 127 cm³/mol. The molecule has 168 valence electrons. The van der Waals surface area contributed by atoms with E-state index in [1.165, 1.54) is 11.8 Å². The number of aryl methyl sites for hydroxylation is 1. The van der Waals surface area contributed by atoms with Gasteiger partial charge in [-0.2, -0.15) is 4.68 Å². The second kappa shape index (κ2) is 10.2. The molecule has 0 saturated carbocycles. The number of thioether (sulfide) groups is 1. The molecule has 8 nitrogen and oxygen atoms in total. The molecule has 0 aliphatic carbocycles. The van der Waals surface area contributed by atoms with Crippen molar-refractivity contribution >= 4 is 23.4 Å². The van der Waals surface area contributed by atoms with Gasteiger partial charge in [-0.25, -0.2) is 0 Å². The van der Waals surface area contributed by atoms with Crippen molar-refractivity contribution < 1.29 is 14.3 Å². The molecule has 4 aromatic rings. The van der Waals surface area contributed by atoms with Gasteiger partial charge in [-0.3, -0.25) is 4.79 Å². The predicted octanol–water partition coefficient (Wildman–Crippen LogP) is 4.46. The van der Waals surface area contributed by atoms with Crippen LogP contribution in [0.25, 0.3) is 5.69 Å². The summed E-state index contributed by atoms with van der Waals surface area (Å²) in [6.07, 6.45) is 0. The summed E-state index contributed by atoms with van der Waals surface area (Å²) in [7, 11) is 3.18. The molecule has 3 aromatic carbocycles. The van der Waals surface area contributed by atoms with E-state index in [0.717, 1.165) is 11.1 Å². The van der Waals surface area contributed by atoms with Crippen molar-refractivity contribution in [2.24, 2.45) is 0 Å². The van der Waals surface area contributed by atoms with Gasteiger partial charge in [0, 0.05) is 11.8 Å². The topological polar surface area (TPSA) is 91.2 Å². The van der Waals surface area contributed by atoms with Gasteiger partial charge in [0.25, 0.3) is 0 Å². The van der Waals surface area contributed by atoms with Crippen LogP contribution < -0.4 is 14.8 Å². The van der Waals surface area contributed by atoms with Gasteiger partial charge in [0.05, 0.1) is 14.2 Å². The van der Waals surface area contributed by atoms with Crippen molar-refractivity contribution in [2.75, 3.05) is 19.5 Å². The third kappa shape index (κ3) is 5.15. The van der Waals surface area contributed by atoms with Crippen LogP contribution in [0.2, 0.25) is 0 Å². The third-order valence-electron chi connectivity index (χ3n) is 4.90. The van der Waals surface area contributed by atoms with Gasteiger partial charge >= 0.3 is 0 Å².